The normalized spacial score (nSPS) is 16.0. The summed E-state index contributed by atoms with van der Waals surface area (Å²) in [7, 11) is 0. The number of carbonyl (C=O) groups excluding carboxylic acids is 1. The topological polar surface area (TPSA) is 62.5 Å². The Bertz CT molecular complexity index is 1240. The number of aromatic nitrogens is 1. The number of nitrogens with zero attached hydrogens (tertiary/aromatic N) is 2. The van der Waals surface area contributed by atoms with Crippen molar-refractivity contribution in [3.05, 3.63) is 101 Å². The Morgan fingerprint density at radius 1 is 1.06 bits per heavy atom. The molecule has 4 rings (SSSR count). The van der Waals surface area contributed by atoms with Gasteiger partial charge in [-0.3, -0.25) is 9.59 Å². The first-order chi connectivity index (χ1) is 16.8. The van der Waals surface area contributed by atoms with Crippen molar-refractivity contribution in [2.24, 2.45) is 0 Å². The molecule has 0 aliphatic carbocycles. The maximum atomic E-state index is 12.9. The van der Waals surface area contributed by atoms with Gasteiger partial charge in [-0.1, -0.05) is 79.7 Å². The lowest BCUT2D eigenvalue weighted by Gasteiger charge is -2.39. The number of rotatable bonds is 7. The second-order valence-corrected chi connectivity index (χ2v) is 9.83. The Labute approximate surface area is 207 Å². The second kappa shape index (κ2) is 10.4. The highest BCUT2D eigenvalue weighted by atomic mass is 16.3. The lowest BCUT2D eigenvalue weighted by molar-refractivity contribution is -0.136. The number of likely N-dealkylation sites (tertiary alicyclic amines) is 1. The van der Waals surface area contributed by atoms with Gasteiger partial charge in [0.2, 0.25) is 5.91 Å². The summed E-state index contributed by atoms with van der Waals surface area (Å²) < 4.78 is 1.60. The van der Waals surface area contributed by atoms with E-state index >= 15 is 0 Å². The van der Waals surface area contributed by atoms with Crippen molar-refractivity contribution >= 4 is 11.5 Å². The van der Waals surface area contributed by atoms with E-state index in [1.807, 2.05) is 78.7 Å². The summed E-state index contributed by atoms with van der Waals surface area (Å²) in [5, 5.41) is 11.3. The standard InChI is InChI=1S/C30H34N2O3/c1-22(2)26-19-29(34)32(20-27(26)25-12-8-5-9-13-25)21-30(35)14-16-31(17-15-30)28(33)18-23(3)24-10-6-4-7-11-24/h4-13,19-20,23,35H,1,14-18,21H2,2-3H3/t23-/m1/s1. The van der Waals surface area contributed by atoms with Crippen LogP contribution in [0.5, 0.6) is 0 Å². The SMILES string of the molecule is C=C(C)c1cc(=O)n(CC2(O)CCN(C(=O)C[C@@H](C)c3ccccc3)CC2)cc1-c1ccccc1. The van der Waals surface area contributed by atoms with Crippen LogP contribution in [-0.4, -0.2) is 39.2 Å². The van der Waals surface area contributed by atoms with Crippen molar-refractivity contribution in [2.45, 2.75) is 51.2 Å². The van der Waals surface area contributed by atoms with Crippen LogP contribution in [0.15, 0.2) is 84.3 Å². The van der Waals surface area contributed by atoms with Gasteiger partial charge >= 0.3 is 0 Å². The maximum Gasteiger partial charge on any atom is 0.251 e. The Balaban J connectivity index is 1.45. The van der Waals surface area contributed by atoms with E-state index in [-0.39, 0.29) is 23.9 Å². The Hall–Kier alpha value is -3.44. The summed E-state index contributed by atoms with van der Waals surface area (Å²) >= 11 is 0. The van der Waals surface area contributed by atoms with Crippen LogP contribution in [0.1, 0.15) is 50.2 Å². The van der Waals surface area contributed by atoms with Gasteiger partial charge in [0, 0.05) is 37.3 Å². The van der Waals surface area contributed by atoms with E-state index in [0.29, 0.717) is 32.4 Å². The summed E-state index contributed by atoms with van der Waals surface area (Å²) in [5.74, 6) is 0.254. The monoisotopic (exact) mass is 470 g/mol. The quantitative estimate of drug-likeness (QED) is 0.523. The third kappa shape index (κ3) is 5.80. The molecule has 1 aromatic heterocycles. The molecule has 0 unspecified atom stereocenters. The van der Waals surface area contributed by atoms with Crippen LogP contribution in [-0.2, 0) is 11.3 Å². The molecule has 1 atom stereocenters. The Kier molecular flexibility index (Phi) is 7.37. The van der Waals surface area contributed by atoms with Crippen LogP contribution in [0.25, 0.3) is 16.7 Å². The third-order valence-corrected chi connectivity index (χ3v) is 7.03. The van der Waals surface area contributed by atoms with Gasteiger partial charge in [0.25, 0.3) is 5.56 Å². The van der Waals surface area contributed by atoms with E-state index in [1.54, 1.807) is 10.6 Å². The zero-order valence-electron chi connectivity index (χ0n) is 20.6. The molecule has 1 fully saturated rings. The van der Waals surface area contributed by atoms with E-state index < -0.39 is 5.60 Å². The molecule has 0 bridgehead atoms. The Morgan fingerprint density at radius 3 is 2.26 bits per heavy atom. The van der Waals surface area contributed by atoms with Crippen molar-refractivity contribution in [3.63, 3.8) is 0 Å². The van der Waals surface area contributed by atoms with Gasteiger partial charge in [0.05, 0.1) is 12.1 Å². The van der Waals surface area contributed by atoms with Gasteiger partial charge < -0.3 is 14.6 Å². The fourth-order valence-corrected chi connectivity index (χ4v) is 4.84. The summed E-state index contributed by atoms with van der Waals surface area (Å²) in [6, 6.07) is 21.6. The molecule has 1 N–H and O–H groups in total. The maximum absolute atomic E-state index is 12.9. The molecular weight excluding hydrogens is 436 g/mol. The van der Waals surface area contributed by atoms with Gasteiger partial charge in [0.15, 0.2) is 0 Å². The fourth-order valence-electron chi connectivity index (χ4n) is 4.84. The first-order valence-corrected chi connectivity index (χ1v) is 12.3. The molecule has 2 heterocycles. The number of hydrogen-bond acceptors (Lipinski definition) is 3. The third-order valence-electron chi connectivity index (χ3n) is 7.03. The summed E-state index contributed by atoms with van der Waals surface area (Å²) in [6.45, 7) is 9.18. The van der Waals surface area contributed by atoms with Crippen molar-refractivity contribution < 1.29 is 9.90 Å². The highest BCUT2D eigenvalue weighted by Crippen LogP contribution is 2.29. The summed E-state index contributed by atoms with van der Waals surface area (Å²) in [6.07, 6.45) is 3.16. The van der Waals surface area contributed by atoms with Crippen LogP contribution in [0.2, 0.25) is 0 Å². The van der Waals surface area contributed by atoms with E-state index in [0.717, 1.165) is 27.8 Å². The first kappa shape index (κ1) is 24.7. The molecule has 0 spiro atoms. The fraction of sp³-hybridized carbons (Fsp3) is 0.333. The van der Waals surface area contributed by atoms with Crippen LogP contribution in [0.4, 0.5) is 0 Å². The minimum atomic E-state index is -1.04. The number of pyridine rings is 1. The van der Waals surface area contributed by atoms with E-state index in [4.69, 9.17) is 0 Å². The molecule has 35 heavy (non-hydrogen) atoms. The number of amides is 1. The molecule has 1 saturated heterocycles. The number of allylic oxidation sites excluding steroid dienone is 1. The van der Waals surface area contributed by atoms with Crippen LogP contribution in [0.3, 0.4) is 0 Å². The van der Waals surface area contributed by atoms with E-state index in [2.05, 4.69) is 13.5 Å². The molecule has 1 aliphatic rings. The van der Waals surface area contributed by atoms with Crippen molar-refractivity contribution in [2.75, 3.05) is 13.1 Å². The van der Waals surface area contributed by atoms with Crippen molar-refractivity contribution in [3.8, 4) is 11.1 Å². The zero-order valence-corrected chi connectivity index (χ0v) is 20.6. The molecule has 1 aliphatic heterocycles. The van der Waals surface area contributed by atoms with Crippen LogP contribution in [0, 0.1) is 0 Å². The number of aliphatic hydroxyl groups is 1. The molecule has 0 saturated carbocycles. The van der Waals surface area contributed by atoms with Gasteiger partial charge in [0.1, 0.15) is 0 Å². The van der Waals surface area contributed by atoms with Crippen molar-refractivity contribution in [1.29, 1.82) is 0 Å². The van der Waals surface area contributed by atoms with Gasteiger partial charge in [-0.15, -0.1) is 0 Å². The molecule has 1 amide bonds. The molecular formula is C30H34N2O3. The summed E-state index contributed by atoms with van der Waals surface area (Å²) in [4.78, 5) is 27.7. The lowest BCUT2D eigenvalue weighted by Crippen LogP contribution is -2.49. The molecule has 5 heteroatoms. The second-order valence-electron chi connectivity index (χ2n) is 9.83. The van der Waals surface area contributed by atoms with E-state index in [9.17, 15) is 14.7 Å². The molecule has 0 radical (unpaired) electrons. The molecule has 2 aromatic carbocycles. The molecule has 182 valence electrons. The summed E-state index contributed by atoms with van der Waals surface area (Å²) in [5.41, 5.74) is 3.51. The van der Waals surface area contributed by atoms with Gasteiger partial charge in [-0.2, -0.15) is 0 Å². The predicted molar refractivity (Wildman–Crippen MR) is 141 cm³/mol. The molecule has 5 nitrogen and oxygen atoms in total. The predicted octanol–water partition coefficient (Wildman–Crippen LogP) is 5.10. The highest BCUT2D eigenvalue weighted by Gasteiger charge is 2.35. The number of hydrogen-bond donors (Lipinski definition) is 1. The highest BCUT2D eigenvalue weighted by molar-refractivity contribution is 5.79. The number of benzene rings is 2. The van der Waals surface area contributed by atoms with Gasteiger partial charge in [-0.05, 0) is 42.4 Å². The number of carbonyl (C=O) groups is 1. The Morgan fingerprint density at radius 2 is 1.66 bits per heavy atom. The molecule has 3 aromatic rings. The van der Waals surface area contributed by atoms with E-state index in [1.165, 1.54) is 0 Å². The zero-order chi connectivity index (χ0) is 25.0. The van der Waals surface area contributed by atoms with Gasteiger partial charge in [-0.25, -0.2) is 0 Å². The average Bonchev–Trinajstić information content (AvgIpc) is 2.86. The average molecular weight is 471 g/mol. The smallest absolute Gasteiger partial charge is 0.251 e. The minimum absolute atomic E-state index is 0.109. The minimum Gasteiger partial charge on any atom is -0.388 e. The van der Waals surface area contributed by atoms with Crippen molar-refractivity contribution in [1.82, 2.24) is 9.47 Å². The largest absolute Gasteiger partial charge is 0.388 e. The van der Waals surface area contributed by atoms with Crippen LogP contribution < -0.4 is 5.56 Å². The lowest BCUT2D eigenvalue weighted by atomic mass is 9.90. The number of piperidine rings is 1. The van der Waals surface area contributed by atoms with Crippen LogP contribution >= 0.6 is 0 Å². The first-order valence-electron chi connectivity index (χ1n) is 12.3.